The van der Waals surface area contributed by atoms with Crippen LogP contribution >= 0.6 is 0 Å². The molecule has 5 heteroatoms. The molecule has 1 saturated carbocycles. The van der Waals surface area contributed by atoms with Crippen molar-refractivity contribution in [2.24, 2.45) is 0 Å². The minimum absolute atomic E-state index is 0.0448. The summed E-state index contributed by atoms with van der Waals surface area (Å²) in [6, 6.07) is -0.192. The van der Waals surface area contributed by atoms with E-state index in [4.69, 9.17) is 5.11 Å². The summed E-state index contributed by atoms with van der Waals surface area (Å²) in [5, 5.41) is 13.9. The Labute approximate surface area is 89.2 Å². The van der Waals surface area contributed by atoms with Gasteiger partial charge in [-0.2, -0.15) is 0 Å². The first-order valence-electron chi connectivity index (χ1n) is 5.30. The van der Waals surface area contributed by atoms with Gasteiger partial charge in [-0.1, -0.05) is 0 Å². The molecule has 0 aliphatic heterocycles. The Balaban J connectivity index is 2.06. The Morgan fingerprint density at radius 1 is 1.40 bits per heavy atom. The zero-order valence-corrected chi connectivity index (χ0v) is 9.01. The first kappa shape index (κ1) is 11.8. The Morgan fingerprint density at radius 3 is 2.53 bits per heavy atom. The lowest BCUT2D eigenvalue weighted by atomic mass is 9.79. The maximum atomic E-state index is 11.3. The normalized spacial score (nSPS) is 17.7. The molecule has 0 saturated heterocycles. The highest BCUT2D eigenvalue weighted by molar-refractivity contribution is 5.75. The lowest BCUT2D eigenvalue weighted by Gasteiger charge is -2.39. The average molecular weight is 214 g/mol. The molecule has 0 bridgehead atoms. The highest BCUT2D eigenvalue weighted by Gasteiger charge is 2.32. The van der Waals surface area contributed by atoms with Crippen LogP contribution in [-0.2, 0) is 4.79 Å². The summed E-state index contributed by atoms with van der Waals surface area (Å²) in [4.78, 5) is 21.5. The summed E-state index contributed by atoms with van der Waals surface area (Å²) < 4.78 is 0. The summed E-state index contributed by atoms with van der Waals surface area (Å²) >= 11 is 0. The zero-order valence-electron chi connectivity index (χ0n) is 9.01. The third-order valence-corrected chi connectivity index (χ3v) is 2.73. The maximum Gasteiger partial charge on any atom is 0.315 e. The summed E-state index contributed by atoms with van der Waals surface area (Å²) in [5.74, 6) is -0.830. The summed E-state index contributed by atoms with van der Waals surface area (Å²) in [5.41, 5.74) is -0.0448. The van der Waals surface area contributed by atoms with Gasteiger partial charge in [0.2, 0.25) is 0 Å². The van der Waals surface area contributed by atoms with Gasteiger partial charge in [0.15, 0.2) is 0 Å². The molecule has 1 rings (SSSR count). The molecule has 15 heavy (non-hydrogen) atoms. The van der Waals surface area contributed by atoms with Crippen molar-refractivity contribution in [3.05, 3.63) is 0 Å². The second kappa shape index (κ2) is 5.00. The van der Waals surface area contributed by atoms with Gasteiger partial charge >= 0.3 is 12.0 Å². The Bertz CT molecular complexity index is 249. The van der Waals surface area contributed by atoms with Gasteiger partial charge < -0.3 is 15.7 Å². The molecule has 0 aromatic heterocycles. The number of carboxylic acids is 1. The first-order chi connectivity index (χ1) is 7.02. The number of hydrogen-bond donors (Lipinski definition) is 3. The number of urea groups is 1. The van der Waals surface area contributed by atoms with Crippen LogP contribution in [0.3, 0.4) is 0 Å². The Hall–Kier alpha value is -1.26. The molecule has 86 valence electrons. The van der Waals surface area contributed by atoms with E-state index < -0.39 is 5.97 Å². The standard InChI is InChI=1S/C10H18N2O3/c1-10(5-3-6-10)12-9(15)11-7-2-4-8(13)14/h2-7H2,1H3,(H,13,14)(H2,11,12,15). The molecule has 0 unspecified atom stereocenters. The molecule has 0 aromatic carbocycles. The molecule has 0 spiro atoms. The van der Waals surface area contributed by atoms with Crippen LogP contribution in [0.2, 0.25) is 0 Å². The summed E-state index contributed by atoms with van der Waals surface area (Å²) in [6.07, 6.45) is 3.78. The van der Waals surface area contributed by atoms with Crippen molar-refractivity contribution < 1.29 is 14.7 Å². The first-order valence-corrected chi connectivity index (χ1v) is 5.30. The number of rotatable bonds is 5. The van der Waals surface area contributed by atoms with E-state index in [1.165, 1.54) is 0 Å². The van der Waals surface area contributed by atoms with Crippen molar-refractivity contribution in [1.82, 2.24) is 10.6 Å². The average Bonchev–Trinajstić information content (AvgIpc) is 2.09. The van der Waals surface area contributed by atoms with Crippen molar-refractivity contribution in [2.75, 3.05) is 6.54 Å². The minimum atomic E-state index is -0.830. The third-order valence-electron chi connectivity index (χ3n) is 2.73. The zero-order chi connectivity index (χ0) is 11.3. The van der Waals surface area contributed by atoms with Gasteiger partial charge in [0, 0.05) is 18.5 Å². The fraction of sp³-hybridized carbons (Fsp3) is 0.800. The van der Waals surface area contributed by atoms with Gasteiger partial charge in [-0.05, 0) is 32.6 Å². The van der Waals surface area contributed by atoms with E-state index in [2.05, 4.69) is 10.6 Å². The number of carbonyl (C=O) groups is 2. The van der Waals surface area contributed by atoms with E-state index in [0.29, 0.717) is 13.0 Å². The highest BCUT2D eigenvalue weighted by Crippen LogP contribution is 2.30. The van der Waals surface area contributed by atoms with Crippen LogP contribution in [0.5, 0.6) is 0 Å². The van der Waals surface area contributed by atoms with Crippen LogP contribution in [-0.4, -0.2) is 29.2 Å². The number of amides is 2. The van der Waals surface area contributed by atoms with Crippen LogP contribution in [0.4, 0.5) is 4.79 Å². The molecule has 3 N–H and O–H groups in total. The van der Waals surface area contributed by atoms with Crippen molar-refractivity contribution in [3.63, 3.8) is 0 Å². The smallest absolute Gasteiger partial charge is 0.315 e. The van der Waals surface area contributed by atoms with Gasteiger partial charge in [0.25, 0.3) is 0 Å². The van der Waals surface area contributed by atoms with Gasteiger partial charge in [-0.15, -0.1) is 0 Å². The van der Waals surface area contributed by atoms with Crippen molar-refractivity contribution in [2.45, 2.75) is 44.6 Å². The van der Waals surface area contributed by atoms with Gasteiger partial charge in [0.1, 0.15) is 0 Å². The molecule has 0 aromatic rings. The minimum Gasteiger partial charge on any atom is -0.481 e. The fourth-order valence-electron chi connectivity index (χ4n) is 1.59. The maximum absolute atomic E-state index is 11.3. The van der Waals surface area contributed by atoms with Crippen molar-refractivity contribution in [3.8, 4) is 0 Å². The van der Waals surface area contributed by atoms with Crippen LogP contribution in [0.15, 0.2) is 0 Å². The molecular weight excluding hydrogens is 196 g/mol. The topological polar surface area (TPSA) is 78.4 Å². The predicted octanol–water partition coefficient (Wildman–Crippen LogP) is 1.09. The molecule has 1 fully saturated rings. The molecule has 1 aliphatic rings. The van der Waals surface area contributed by atoms with Crippen molar-refractivity contribution in [1.29, 1.82) is 0 Å². The lowest BCUT2D eigenvalue weighted by Crippen LogP contribution is -2.54. The molecule has 0 atom stereocenters. The SMILES string of the molecule is CC1(NC(=O)NCCCC(=O)O)CCC1. The Morgan fingerprint density at radius 2 is 2.07 bits per heavy atom. The molecular formula is C10H18N2O3. The van der Waals surface area contributed by atoms with E-state index in [1.807, 2.05) is 6.92 Å². The largest absolute Gasteiger partial charge is 0.481 e. The third kappa shape index (κ3) is 4.18. The second-order valence-corrected chi connectivity index (χ2v) is 4.29. The highest BCUT2D eigenvalue weighted by atomic mass is 16.4. The summed E-state index contributed by atoms with van der Waals surface area (Å²) in [7, 11) is 0. The molecule has 1 aliphatic carbocycles. The monoisotopic (exact) mass is 214 g/mol. The number of nitrogens with one attached hydrogen (secondary N) is 2. The van der Waals surface area contributed by atoms with Crippen LogP contribution in [0.1, 0.15) is 39.0 Å². The van der Waals surface area contributed by atoms with Crippen molar-refractivity contribution >= 4 is 12.0 Å². The van der Waals surface area contributed by atoms with Crippen LogP contribution < -0.4 is 10.6 Å². The van der Waals surface area contributed by atoms with E-state index >= 15 is 0 Å². The summed E-state index contributed by atoms with van der Waals surface area (Å²) in [6.45, 7) is 2.43. The number of carbonyl (C=O) groups excluding carboxylic acids is 1. The van der Waals surface area contributed by atoms with Gasteiger partial charge in [0.05, 0.1) is 0 Å². The molecule has 0 radical (unpaired) electrons. The van der Waals surface area contributed by atoms with Crippen LogP contribution in [0, 0.1) is 0 Å². The van der Waals surface area contributed by atoms with E-state index in [0.717, 1.165) is 19.3 Å². The number of carboxylic acid groups (broad SMARTS) is 1. The number of hydrogen-bond acceptors (Lipinski definition) is 2. The fourth-order valence-corrected chi connectivity index (χ4v) is 1.59. The van der Waals surface area contributed by atoms with Crippen LogP contribution in [0.25, 0.3) is 0 Å². The van der Waals surface area contributed by atoms with Gasteiger partial charge in [-0.25, -0.2) is 4.79 Å². The molecule has 5 nitrogen and oxygen atoms in total. The Kier molecular flexibility index (Phi) is 3.94. The quantitative estimate of drug-likeness (QED) is 0.599. The van der Waals surface area contributed by atoms with E-state index in [-0.39, 0.29) is 18.0 Å². The molecule has 2 amide bonds. The lowest BCUT2D eigenvalue weighted by molar-refractivity contribution is -0.137. The van der Waals surface area contributed by atoms with E-state index in [9.17, 15) is 9.59 Å². The molecule has 0 heterocycles. The number of aliphatic carboxylic acids is 1. The predicted molar refractivity (Wildman–Crippen MR) is 55.7 cm³/mol. The second-order valence-electron chi connectivity index (χ2n) is 4.29. The van der Waals surface area contributed by atoms with E-state index in [1.54, 1.807) is 0 Å². The van der Waals surface area contributed by atoms with Gasteiger partial charge in [-0.3, -0.25) is 4.79 Å².